The predicted octanol–water partition coefficient (Wildman–Crippen LogP) is 5.85. The molecule has 4 rings (SSSR count). The van der Waals surface area contributed by atoms with Crippen LogP contribution in [0, 0.1) is 17.7 Å². The highest BCUT2D eigenvalue weighted by Crippen LogP contribution is 2.28. The molecule has 0 saturated carbocycles. The van der Waals surface area contributed by atoms with Gasteiger partial charge < -0.3 is 19.5 Å². The topological polar surface area (TPSA) is 43.0 Å². The molecule has 35 heavy (non-hydrogen) atoms. The number of halogens is 1. The van der Waals surface area contributed by atoms with Gasteiger partial charge in [0, 0.05) is 35.5 Å². The van der Waals surface area contributed by atoms with Crippen LogP contribution in [0.3, 0.4) is 0 Å². The van der Waals surface area contributed by atoms with Gasteiger partial charge in [-0.2, -0.15) is 0 Å². The number of methoxy groups -OCH3 is 2. The fraction of sp³-hybridized carbons (Fsp3) is 0.310. The van der Waals surface area contributed by atoms with Crippen LogP contribution >= 0.6 is 0 Å². The molecule has 0 bridgehead atoms. The summed E-state index contributed by atoms with van der Waals surface area (Å²) >= 11 is 0. The average Bonchev–Trinajstić information content (AvgIpc) is 2.90. The molecule has 0 aliphatic carbocycles. The number of nitrogens with one attached hydrogen (secondary N) is 1. The van der Waals surface area contributed by atoms with E-state index in [0.717, 1.165) is 42.2 Å². The minimum Gasteiger partial charge on any atom is -0.497 e. The Morgan fingerprint density at radius 3 is 2.31 bits per heavy atom. The monoisotopic (exact) mass is 474 g/mol. The molecule has 1 N–H and O–H groups in total. The van der Waals surface area contributed by atoms with Gasteiger partial charge in [0.05, 0.1) is 19.9 Å². The summed E-state index contributed by atoms with van der Waals surface area (Å²) in [5.41, 5.74) is 2.96. The second kappa shape index (κ2) is 12.1. The number of benzene rings is 3. The second-order valence-electron chi connectivity index (χ2n) is 8.41. The Morgan fingerprint density at radius 2 is 1.60 bits per heavy atom. The summed E-state index contributed by atoms with van der Waals surface area (Å²) in [5.74, 6) is 7.68. The van der Waals surface area contributed by atoms with Crippen molar-refractivity contribution in [1.29, 1.82) is 0 Å². The lowest BCUT2D eigenvalue weighted by Gasteiger charge is -2.26. The van der Waals surface area contributed by atoms with Crippen LogP contribution in [0.25, 0.3) is 0 Å². The number of piperidine rings is 1. The Hall–Kier alpha value is -3.69. The number of likely N-dealkylation sites (tertiary alicyclic amines) is 1. The Kier molecular flexibility index (Phi) is 8.48. The molecule has 0 radical (unpaired) electrons. The first kappa shape index (κ1) is 24.4. The normalized spacial score (nSPS) is 13.5. The lowest BCUT2D eigenvalue weighted by atomic mass is 10.1. The quantitative estimate of drug-likeness (QED) is 0.415. The van der Waals surface area contributed by atoms with Gasteiger partial charge in [0.15, 0.2) is 11.6 Å². The molecular formula is C29H31FN2O3. The standard InChI is InChI=1S/C29H31FN2O3/c1-33-25-12-7-22(8-13-25)6-9-23-10-14-26(34-2)21-28(23)31-24-11-15-29(27(30)20-24)35-19-18-32-16-4-3-5-17-32/h7-8,10-15,20-21,31H,3-5,16-19H2,1-2H3. The molecule has 1 aliphatic rings. The first-order valence-electron chi connectivity index (χ1n) is 11.9. The Bertz CT molecular complexity index is 1180. The maximum absolute atomic E-state index is 14.8. The maximum Gasteiger partial charge on any atom is 0.167 e. The van der Waals surface area contributed by atoms with Crippen molar-refractivity contribution in [3.05, 3.63) is 77.6 Å². The number of anilines is 2. The molecule has 0 unspecified atom stereocenters. The van der Waals surface area contributed by atoms with Gasteiger partial charge in [0.25, 0.3) is 0 Å². The molecule has 0 spiro atoms. The van der Waals surface area contributed by atoms with Gasteiger partial charge in [-0.3, -0.25) is 4.90 Å². The Labute approximate surface area is 206 Å². The number of ether oxygens (including phenoxy) is 3. The molecule has 1 aliphatic heterocycles. The molecule has 3 aromatic rings. The molecule has 6 heteroatoms. The van der Waals surface area contributed by atoms with Crippen LogP contribution in [-0.4, -0.2) is 45.4 Å². The molecular weight excluding hydrogens is 443 g/mol. The molecule has 0 amide bonds. The zero-order valence-corrected chi connectivity index (χ0v) is 20.3. The van der Waals surface area contributed by atoms with E-state index in [1.165, 1.54) is 25.3 Å². The van der Waals surface area contributed by atoms with Crippen molar-refractivity contribution in [2.45, 2.75) is 19.3 Å². The zero-order valence-electron chi connectivity index (χ0n) is 20.3. The molecule has 0 atom stereocenters. The predicted molar refractivity (Wildman–Crippen MR) is 137 cm³/mol. The summed E-state index contributed by atoms with van der Waals surface area (Å²) < 4.78 is 31.0. The van der Waals surface area contributed by atoms with Gasteiger partial charge in [-0.05, 0) is 74.5 Å². The van der Waals surface area contributed by atoms with E-state index in [1.54, 1.807) is 26.4 Å². The Balaban J connectivity index is 1.45. The molecule has 1 fully saturated rings. The molecule has 0 aromatic heterocycles. The third kappa shape index (κ3) is 6.91. The highest BCUT2D eigenvalue weighted by atomic mass is 19.1. The van der Waals surface area contributed by atoms with Gasteiger partial charge in [-0.25, -0.2) is 4.39 Å². The summed E-state index contributed by atoms with van der Waals surface area (Å²) in [6.45, 7) is 3.49. The third-order valence-corrected chi connectivity index (χ3v) is 5.98. The SMILES string of the molecule is COc1ccc(C#Cc2ccc(OC)cc2Nc2ccc(OCCN3CCCCC3)c(F)c2)cc1. The summed E-state index contributed by atoms with van der Waals surface area (Å²) in [5, 5.41) is 3.27. The van der Waals surface area contributed by atoms with E-state index in [4.69, 9.17) is 14.2 Å². The van der Waals surface area contributed by atoms with Crippen molar-refractivity contribution in [3.8, 4) is 29.1 Å². The van der Waals surface area contributed by atoms with E-state index in [2.05, 4.69) is 22.1 Å². The van der Waals surface area contributed by atoms with Crippen LogP contribution in [0.4, 0.5) is 15.8 Å². The van der Waals surface area contributed by atoms with Crippen molar-refractivity contribution in [2.24, 2.45) is 0 Å². The van der Waals surface area contributed by atoms with Crippen molar-refractivity contribution < 1.29 is 18.6 Å². The van der Waals surface area contributed by atoms with E-state index in [0.29, 0.717) is 18.0 Å². The van der Waals surface area contributed by atoms with E-state index >= 15 is 0 Å². The largest absolute Gasteiger partial charge is 0.497 e. The Morgan fingerprint density at radius 1 is 0.857 bits per heavy atom. The highest BCUT2D eigenvalue weighted by Gasteiger charge is 2.11. The van der Waals surface area contributed by atoms with E-state index < -0.39 is 5.82 Å². The molecule has 5 nitrogen and oxygen atoms in total. The van der Waals surface area contributed by atoms with Gasteiger partial charge in [0.1, 0.15) is 18.1 Å². The zero-order chi connectivity index (χ0) is 24.5. The van der Waals surface area contributed by atoms with Crippen LogP contribution < -0.4 is 19.5 Å². The van der Waals surface area contributed by atoms with Crippen LogP contribution in [0.5, 0.6) is 17.2 Å². The first-order valence-corrected chi connectivity index (χ1v) is 11.9. The van der Waals surface area contributed by atoms with Crippen molar-refractivity contribution >= 4 is 11.4 Å². The summed E-state index contributed by atoms with van der Waals surface area (Å²) in [6.07, 6.45) is 3.75. The smallest absolute Gasteiger partial charge is 0.167 e. The summed E-state index contributed by atoms with van der Waals surface area (Å²) in [4.78, 5) is 2.37. The van der Waals surface area contributed by atoms with E-state index in [-0.39, 0.29) is 5.75 Å². The number of rotatable bonds is 8. The fourth-order valence-corrected chi connectivity index (χ4v) is 4.00. The van der Waals surface area contributed by atoms with Crippen molar-refractivity contribution in [1.82, 2.24) is 4.90 Å². The van der Waals surface area contributed by atoms with Crippen LogP contribution in [0.15, 0.2) is 60.7 Å². The third-order valence-electron chi connectivity index (χ3n) is 5.98. The number of nitrogens with zero attached hydrogens (tertiary/aromatic N) is 1. The van der Waals surface area contributed by atoms with Gasteiger partial charge in [0.2, 0.25) is 0 Å². The molecule has 1 heterocycles. The van der Waals surface area contributed by atoms with Gasteiger partial charge >= 0.3 is 0 Å². The van der Waals surface area contributed by atoms with E-state index in [9.17, 15) is 4.39 Å². The number of hydrogen-bond acceptors (Lipinski definition) is 5. The van der Waals surface area contributed by atoms with Crippen molar-refractivity contribution in [3.63, 3.8) is 0 Å². The molecule has 1 saturated heterocycles. The summed E-state index contributed by atoms with van der Waals surface area (Å²) in [6, 6.07) is 18.0. The minimum absolute atomic E-state index is 0.262. The minimum atomic E-state index is -0.401. The second-order valence-corrected chi connectivity index (χ2v) is 8.41. The summed E-state index contributed by atoms with van der Waals surface area (Å²) in [7, 11) is 3.24. The first-order chi connectivity index (χ1) is 17.1. The molecule has 182 valence electrons. The molecule has 3 aromatic carbocycles. The van der Waals surface area contributed by atoms with Crippen molar-refractivity contribution in [2.75, 3.05) is 45.8 Å². The van der Waals surface area contributed by atoms with Gasteiger partial charge in [-0.15, -0.1) is 0 Å². The lowest BCUT2D eigenvalue weighted by molar-refractivity contribution is 0.180. The van der Waals surface area contributed by atoms with Crippen LogP contribution in [0.2, 0.25) is 0 Å². The van der Waals surface area contributed by atoms with E-state index in [1.807, 2.05) is 42.5 Å². The van der Waals surface area contributed by atoms with Crippen LogP contribution in [0.1, 0.15) is 30.4 Å². The highest BCUT2D eigenvalue weighted by molar-refractivity contribution is 5.70. The maximum atomic E-state index is 14.8. The van der Waals surface area contributed by atoms with Gasteiger partial charge in [-0.1, -0.05) is 18.3 Å². The fourth-order valence-electron chi connectivity index (χ4n) is 4.00. The number of hydrogen-bond donors (Lipinski definition) is 1. The van der Waals surface area contributed by atoms with Crippen LogP contribution in [-0.2, 0) is 0 Å². The average molecular weight is 475 g/mol. The lowest BCUT2D eigenvalue weighted by Crippen LogP contribution is -2.33.